The number of amides is 6. The number of aliphatic imine (C=N–C) groups is 1. The molecule has 0 aromatic carbocycles. The van der Waals surface area contributed by atoms with Crippen molar-refractivity contribution in [2.75, 3.05) is 83.8 Å². The molecule has 1 radical (unpaired) electrons. The van der Waals surface area contributed by atoms with Crippen LogP contribution in [-0.4, -0.2) is 119 Å². The average molecular weight is 910 g/mol. The minimum atomic E-state index is -0.618. The van der Waals surface area contributed by atoms with E-state index >= 15 is 0 Å². The van der Waals surface area contributed by atoms with Crippen LogP contribution >= 0.6 is 11.8 Å². The number of thioether (sulfide) groups is 1. The fraction of sp³-hybridized carbons (Fsp3) is 0.714. The van der Waals surface area contributed by atoms with E-state index in [0.717, 1.165) is 0 Å². The Bertz CT molecular complexity index is 613. The average Bonchev–Trinajstić information content (AvgIpc) is 3.03. The molecule has 55 heavy (non-hydrogen) atoms. The standard InChI is InChI=1S/C4H8N2O2.C4H9N.C3H8N2.C3H7NO2.C3H7NOS.C2H7N3.C2H6N2O.C2H5.11CH4.CH3.Y/c1-5-3(7)4(8)6-2;1-3-4-5-2;1-4-3-5-2;2*1-4-3(5)6-2;1-3-5-4-2;1-4-2(3)5;1-2;;;;;;;;;;;;;/h1-2H3,(H,5,7)(H,6,8);3-5H,1-2H3;3H,1-2H3,(H,4,5);2*1-2H3,(H,4,5);1-2H3,(H,3,4);1H3,(H3,3,4,5);1H2,2H3;11*1H4;1H3;/q;;;;;;;-1;;;;;;;;;;;;-1;. The summed E-state index contributed by atoms with van der Waals surface area (Å²) < 4.78 is 4.15. The second-order valence-electron chi connectivity index (χ2n) is 5.24. The maximum Gasteiger partial charge on any atom is 0.406 e. The van der Waals surface area contributed by atoms with E-state index in [4.69, 9.17) is 0 Å². The number of rotatable bonds is 3. The molecule has 0 aliphatic rings. The van der Waals surface area contributed by atoms with E-state index in [1.54, 1.807) is 47.7 Å². The number of carbonyl (C=O) groups is 5. The van der Waals surface area contributed by atoms with E-state index in [1.807, 2.05) is 33.3 Å². The van der Waals surface area contributed by atoms with Crippen molar-refractivity contribution in [3.05, 3.63) is 26.6 Å². The Balaban J connectivity index is -0.0000000124. The van der Waals surface area contributed by atoms with Gasteiger partial charge in [0.1, 0.15) is 0 Å². The second kappa shape index (κ2) is 163. The molecular weight excluding hydrogens is 805 g/mol. The van der Waals surface area contributed by atoms with E-state index in [1.165, 1.54) is 47.1 Å². The first-order chi connectivity index (χ1) is 19.8. The van der Waals surface area contributed by atoms with Crippen LogP contribution in [0.15, 0.2) is 27.6 Å². The molecule has 0 rings (SSSR count). The summed E-state index contributed by atoms with van der Waals surface area (Å²) in [5.41, 5.74) is 7.02. The van der Waals surface area contributed by atoms with Gasteiger partial charge in [0.05, 0.1) is 20.5 Å². The predicted molar refractivity (Wildman–Crippen MR) is 255 cm³/mol. The van der Waals surface area contributed by atoms with Crippen molar-refractivity contribution in [1.82, 2.24) is 42.6 Å². The number of alkyl carbamates (subject to hydrolysis) is 1. The number of nitrogens with one attached hydrogen (secondary N) is 8. The molecule has 0 saturated heterocycles. The number of allylic oxidation sites excluding steroid dienone is 1. The first kappa shape index (κ1) is 141. The van der Waals surface area contributed by atoms with Crippen molar-refractivity contribution in [1.29, 1.82) is 0 Å². The molecule has 0 aromatic rings. The Morgan fingerprint density at radius 3 is 1.00 bits per heavy atom. The molecule has 0 spiro atoms. The maximum atomic E-state index is 10.2. The topological polar surface area (TPSA) is 254 Å². The van der Waals surface area contributed by atoms with Crippen LogP contribution < -0.4 is 48.4 Å². The Labute approximate surface area is 376 Å². The summed E-state index contributed by atoms with van der Waals surface area (Å²) in [5.74, 6) is -1.24. The number of nitrogens with zero attached hydrogens (tertiary/aromatic N) is 3. The van der Waals surface area contributed by atoms with Gasteiger partial charge < -0.3 is 62.0 Å². The van der Waals surface area contributed by atoms with Crippen molar-refractivity contribution in [3.63, 3.8) is 0 Å². The molecule has 0 unspecified atom stereocenters. The van der Waals surface area contributed by atoms with E-state index in [0.29, 0.717) is 0 Å². The molecule has 0 fully saturated rings. The molecule has 18 nitrogen and oxygen atoms in total. The number of carbonyl (C=O) groups excluding carboxylic acids is 5. The number of likely N-dealkylation sites (N-methyl/N-ethyl adjacent to an activating group) is 2. The van der Waals surface area contributed by atoms with Gasteiger partial charge in [-0.3, -0.25) is 24.8 Å². The smallest absolute Gasteiger partial charge is 0.406 e. The third-order valence-electron chi connectivity index (χ3n) is 2.48. The first-order valence-corrected chi connectivity index (χ1v) is 13.0. The van der Waals surface area contributed by atoms with E-state index in [9.17, 15) is 24.0 Å². The van der Waals surface area contributed by atoms with Crippen LogP contribution in [0.3, 0.4) is 0 Å². The fourth-order valence-electron chi connectivity index (χ4n) is 0.827. The van der Waals surface area contributed by atoms with Crippen molar-refractivity contribution in [2.45, 2.75) is 95.5 Å². The van der Waals surface area contributed by atoms with Crippen LogP contribution in [-0.2, 0) is 47.0 Å². The van der Waals surface area contributed by atoms with E-state index in [2.05, 4.69) is 75.4 Å². The zero-order chi connectivity index (χ0) is 35.2. The van der Waals surface area contributed by atoms with Gasteiger partial charge in [-0.2, -0.15) is 12.0 Å². The van der Waals surface area contributed by atoms with Crippen molar-refractivity contribution >= 4 is 47.3 Å². The molecule has 6 amide bonds. The van der Waals surface area contributed by atoms with Gasteiger partial charge in [0.25, 0.3) is 5.24 Å². The predicted octanol–water partition coefficient (Wildman–Crippen LogP) is 7.52. The summed E-state index contributed by atoms with van der Waals surface area (Å²) in [6.45, 7) is 6.97. The maximum absolute atomic E-state index is 10.2. The largest absolute Gasteiger partial charge is 0.453 e. The molecular formula is C35H104N12O6SY-2. The molecule has 0 saturated carbocycles. The van der Waals surface area contributed by atoms with Gasteiger partial charge in [0, 0.05) is 96.1 Å². The van der Waals surface area contributed by atoms with Gasteiger partial charge in [-0.05, 0) is 19.4 Å². The quantitative estimate of drug-likeness (QED) is 0.0336. The zero-order valence-corrected chi connectivity index (χ0v) is 32.9. The van der Waals surface area contributed by atoms with Crippen molar-refractivity contribution in [3.8, 4) is 0 Å². The number of methoxy groups -OCH3 is 1. The van der Waals surface area contributed by atoms with Gasteiger partial charge in [0.15, 0.2) is 0 Å². The molecule has 10 N–H and O–H groups in total. The Morgan fingerprint density at radius 2 is 0.982 bits per heavy atom. The summed E-state index contributed by atoms with van der Waals surface area (Å²) >= 11 is 1.17. The number of hydrogen-bond acceptors (Lipinski definition) is 11. The normalized spacial score (nSPS) is 5.95. The molecule has 20 heteroatoms. The van der Waals surface area contributed by atoms with Crippen molar-refractivity contribution in [2.24, 2.45) is 21.1 Å². The SMILES string of the molecule is C.C.C.C.C.C.C.C.C.C.C.CC=CNC.CN=CNC.CN=NNC.CNC(=O)C(=O)NC.CNC(=O)OC.CNC(=O)SC.CNC(N)=O.[CH2-]C.[CH3-].[Y]. The van der Waals surface area contributed by atoms with Gasteiger partial charge in [-0.1, -0.05) is 105 Å². The Hall–Kier alpha value is -3.19. The van der Waals surface area contributed by atoms with Gasteiger partial charge in [-0.25, -0.2) is 9.59 Å². The number of ether oxygens (including phenoxy) is 1. The van der Waals surface area contributed by atoms with Gasteiger partial charge in [-0.15, -0.1) is 0 Å². The zero-order valence-electron chi connectivity index (χ0n) is 29.3. The van der Waals surface area contributed by atoms with E-state index < -0.39 is 23.9 Å². The molecule has 0 bridgehead atoms. The van der Waals surface area contributed by atoms with Crippen LogP contribution in [0.25, 0.3) is 0 Å². The molecule has 0 aliphatic heterocycles. The molecule has 0 aromatic heterocycles. The fourth-order valence-corrected chi connectivity index (χ4v) is 1.03. The van der Waals surface area contributed by atoms with Crippen LogP contribution in [0.2, 0.25) is 0 Å². The van der Waals surface area contributed by atoms with Crippen LogP contribution in [0.5, 0.6) is 0 Å². The van der Waals surface area contributed by atoms with Crippen LogP contribution in [0, 0.1) is 14.4 Å². The molecule has 0 atom stereocenters. The summed E-state index contributed by atoms with van der Waals surface area (Å²) in [6, 6.07) is -0.495. The summed E-state index contributed by atoms with van der Waals surface area (Å²) in [7, 11) is 17.4. The van der Waals surface area contributed by atoms with Gasteiger partial charge >= 0.3 is 23.9 Å². The molecule has 0 heterocycles. The monoisotopic (exact) mass is 910 g/mol. The third-order valence-corrected chi connectivity index (χ3v) is 3.05. The molecule has 351 valence electrons. The summed E-state index contributed by atoms with van der Waals surface area (Å²) in [5, 5.41) is 23.5. The minimum Gasteiger partial charge on any atom is -0.453 e. The number of primary amides is 1. The van der Waals surface area contributed by atoms with E-state index in [-0.39, 0.29) is 127 Å². The Morgan fingerprint density at radius 1 is 0.655 bits per heavy atom. The summed E-state index contributed by atoms with van der Waals surface area (Å²) in [4.78, 5) is 53.4. The van der Waals surface area contributed by atoms with Crippen LogP contribution in [0.1, 0.15) is 95.5 Å². The molecule has 0 aliphatic carbocycles. The van der Waals surface area contributed by atoms with Gasteiger partial charge in [0.2, 0.25) is 0 Å². The number of urea groups is 1. The van der Waals surface area contributed by atoms with Crippen LogP contribution in [0.4, 0.5) is 14.4 Å². The minimum absolute atomic E-state index is 0. The summed E-state index contributed by atoms with van der Waals surface area (Å²) in [6.07, 6.45) is 6.77. The van der Waals surface area contributed by atoms with Crippen molar-refractivity contribution < 1.29 is 61.4 Å². The second-order valence-corrected chi connectivity index (χ2v) is 6.02. The number of nitrogens with two attached hydrogens (primary N) is 1. The Kier molecular flexibility index (Phi) is 418. The first-order valence-electron chi connectivity index (χ1n) is 11.8. The number of hydrogen-bond donors (Lipinski definition) is 9. The third kappa shape index (κ3) is 279.